The first-order valence-electron chi connectivity index (χ1n) is 20.2. The van der Waals surface area contributed by atoms with Gasteiger partial charge in [-0.25, -0.2) is 0 Å². The van der Waals surface area contributed by atoms with Crippen molar-refractivity contribution in [3.8, 4) is 5.75 Å². The molecule has 0 aromatic heterocycles. The molecule has 5 aromatic carbocycles. The normalized spacial score (nSPS) is 22.1. The number of carbonyl (C=O) groups excluding carboxylic acids is 3. The number of non-ortho nitro benzene ring substituents is 1. The first-order valence-corrected chi connectivity index (χ1v) is 23.3. The second-order valence-electron chi connectivity index (χ2n) is 16.5. The zero-order chi connectivity index (χ0) is 42.3. The average Bonchev–Trinajstić information content (AvgIpc) is 3.69. The molecule has 12 nitrogen and oxygen atoms in total. The third kappa shape index (κ3) is 6.95. The highest BCUT2D eigenvalue weighted by molar-refractivity contribution is 6.91. The molecule has 0 bridgehead atoms. The average molecular weight is 825 g/mol. The van der Waals surface area contributed by atoms with Crippen LogP contribution in [-0.2, 0) is 44.2 Å². The maximum atomic E-state index is 15.5. The highest BCUT2D eigenvalue weighted by Gasteiger charge is 2.67. The first-order chi connectivity index (χ1) is 28.9. The lowest BCUT2D eigenvalue weighted by Crippen LogP contribution is -2.52. The lowest BCUT2D eigenvalue weighted by atomic mass is 9.82. The van der Waals surface area contributed by atoms with Crippen molar-refractivity contribution in [2.24, 2.45) is 5.92 Å². The molecule has 8 rings (SSSR count). The molecule has 1 spiro atoms. The number of rotatable bonds is 12. The molecule has 1 fully saturated rings. The quantitative estimate of drug-likeness (QED) is 0.0614. The summed E-state index contributed by atoms with van der Waals surface area (Å²) in [6, 6.07) is 36.5. The van der Waals surface area contributed by atoms with Gasteiger partial charge in [-0.05, 0) is 71.1 Å². The number of aliphatic hydroxyl groups is 1. The van der Waals surface area contributed by atoms with Gasteiger partial charge < -0.3 is 24.4 Å². The SMILES string of the molecule is COc1ccc([Si](C)(C)[C@@H]2[C@@H](CC(=O)N3Cc4ccccc4C[C@H]3CO)O[C@]3(C(=O)N(Cc4cccc(N(C=O)c5ccccc5)c4)c4ccc([N+](=O)[O-])cc43)[C@H]2C)cc1. The van der Waals surface area contributed by atoms with Crippen molar-refractivity contribution in [2.45, 2.75) is 69.2 Å². The Hall–Kier alpha value is -6.15. The Morgan fingerprint density at radius 2 is 1.67 bits per heavy atom. The van der Waals surface area contributed by atoms with Gasteiger partial charge in [0.1, 0.15) is 5.75 Å². The predicted octanol–water partition coefficient (Wildman–Crippen LogP) is 7.00. The number of benzene rings is 5. The van der Waals surface area contributed by atoms with Crippen LogP contribution >= 0.6 is 0 Å². The van der Waals surface area contributed by atoms with Gasteiger partial charge in [0, 0.05) is 41.5 Å². The summed E-state index contributed by atoms with van der Waals surface area (Å²) in [6.45, 7) is 6.63. The van der Waals surface area contributed by atoms with E-state index in [2.05, 4.69) is 13.1 Å². The fourth-order valence-corrected chi connectivity index (χ4v) is 14.0. The zero-order valence-electron chi connectivity index (χ0n) is 34.1. The van der Waals surface area contributed by atoms with Gasteiger partial charge in [0.05, 0.1) is 57.5 Å². The minimum absolute atomic E-state index is 0.0530. The number of nitrogens with zero attached hydrogens (tertiary/aromatic N) is 4. The molecule has 0 radical (unpaired) electrons. The van der Waals surface area contributed by atoms with E-state index in [1.807, 2.05) is 110 Å². The molecule has 60 heavy (non-hydrogen) atoms. The van der Waals surface area contributed by atoms with E-state index in [4.69, 9.17) is 9.47 Å². The Bertz CT molecular complexity index is 2450. The van der Waals surface area contributed by atoms with Crippen LogP contribution in [0.5, 0.6) is 5.75 Å². The van der Waals surface area contributed by atoms with Crippen LogP contribution in [0.25, 0.3) is 0 Å². The van der Waals surface area contributed by atoms with E-state index < -0.39 is 36.7 Å². The molecule has 0 saturated carbocycles. The van der Waals surface area contributed by atoms with Crippen LogP contribution in [0.3, 0.4) is 0 Å². The largest absolute Gasteiger partial charge is 0.497 e. The van der Waals surface area contributed by atoms with Gasteiger partial charge in [-0.2, -0.15) is 0 Å². The lowest BCUT2D eigenvalue weighted by Gasteiger charge is -2.39. The van der Waals surface area contributed by atoms with Gasteiger partial charge in [-0.15, -0.1) is 0 Å². The second-order valence-corrected chi connectivity index (χ2v) is 21.2. The molecule has 1 N–H and O–H groups in total. The van der Waals surface area contributed by atoms with Crippen molar-refractivity contribution in [2.75, 3.05) is 23.5 Å². The Labute approximate surface area is 350 Å². The Balaban J connectivity index is 1.21. The summed E-state index contributed by atoms with van der Waals surface area (Å²) in [5.41, 5.74) is 2.86. The van der Waals surface area contributed by atoms with Crippen molar-refractivity contribution < 1.29 is 33.9 Å². The van der Waals surface area contributed by atoms with Crippen LogP contribution in [0.4, 0.5) is 22.7 Å². The second kappa shape index (κ2) is 16.1. The predicted molar refractivity (Wildman–Crippen MR) is 231 cm³/mol. The summed E-state index contributed by atoms with van der Waals surface area (Å²) in [4.78, 5) is 59.2. The van der Waals surface area contributed by atoms with Gasteiger partial charge in [0.15, 0.2) is 5.60 Å². The van der Waals surface area contributed by atoms with Crippen molar-refractivity contribution in [3.05, 3.63) is 154 Å². The molecule has 0 aliphatic carbocycles. The summed E-state index contributed by atoms with van der Waals surface area (Å²) in [5.74, 6) is -0.387. The van der Waals surface area contributed by atoms with E-state index >= 15 is 4.79 Å². The maximum absolute atomic E-state index is 15.5. The van der Waals surface area contributed by atoms with Crippen LogP contribution in [0.1, 0.15) is 35.6 Å². The van der Waals surface area contributed by atoms with Crippen molar-refractivity contribution in [1.82, 2.24) is 4.90 Å². The molecule has 3 aliphatic heterocycles. The summed E-state index contributed by atoms with van der Waals surface area (Å²) in [5, 5.41) is 23.9. The first kappa shape index (κ1) is 40.6. The third-order valence-corrected chi connectivity index (χ3v) is 17.3. The molecule has 5 aromatic rings. The Morgan fingerprint density at radius 3 is 2.35 bits per heavy atom. The lowest BCUT2D eigenvalue weighted by molar-refractivity contribution is -0.385. The van der Waals surface area contributed by atoms with E-state index in [1.165, 1.54) is 17.0 Å². The van der Waals surface area contributed by atoms with E-state index in [-0.39, 0.29) is 42.6 Å². The fourth-order valence-electron chi connectivity index (χ4n) is 9.95. The number of methoxy groups -OCH3 is 1. The monoisotopic (exact) mass is 824 g/mol. The van der Waals surface area contributed by atoms with Crippen LogP contribution in [0.2, 0.25) is 18.6 Å². The van der Waals surface area contributed by atoms with Crippen LogP contribution < -0.4 is 19.7 Å². The molecule has 13 heteroatoms. The molecule has 3 amide bonds. The van der Waals surface area contributed by atoms with E-state index in [0.29, 0.717) is 41.3 Å². The number of hydrogen-bond acceptors (Lipinski definition) is 8. The number of para-hydroxylation sites is 1. The number of carbonyl (C=O) groups is 3. The van der Waals surface area contributed by atoms with E-state index in [1.54, 1.807) is 23.0 Å². The van der Waals surface area contributed by atoms with Crippen molar-refractivity contribution in [3.63, 3.8) is 0 Å². The summed E-state index contributed by atoms with van der Waals surface area (Å²) >= 11 is 0. The summed E-state index contributed by atoms with van der Waals surface area (Å²) < 4.78 is 12.7. The molecule has 3 heterocycles. The Morgan fingerprint density at radius 1 is 0.967 bits per heavy atom. The number of ether oxygens (including phenoxy) is 2. The summed E-state index contributed by atoms with van der Waals surface area (Å²) in [6.07, 6.45) is 0.456. The zero-order valence-corrected chi connectivity index (χ0v) is 35.1. The van der Waals surface area contributed by atoms with Gasteiger partial charge in [0.25, 0.3) is 11.6 Å². The number of nitro groups is 1. The van der Waals surface area contributed by atoms with Gasteiger partial charge in [-0.3, -0.25) is 29.4 Å². The number of anilines is 3. The van der Waals surface area contributed by atoms with E-state index in [9.17, 15) is 24.8 Å². The maximum Gasteiger partial charge on any atom is 0.269 e. The highest BCUT2D eigenvalue weighted by Crippen LogP contribution is 2.60. The van der Waals surface area contributed by atoms with Gasteiger partial charge in [0.2, 0.25) is 12.3 Å². The molecule has 5 atom stereocenters. The smallest absolute Gasteiger partial charge is 0.269 e. The fraction of sp³-hybridized carbons (Fsp3) is 0.298. The number of hydrogen-bond donors (Lipinski definition) is 1. The number of nitro benzene ring substituents is 1. The van der Waals surface area contributed by atoms with Crippen LogP contribution in [-0.4, -0.2) is 67.1 Å². The van der Waals surface area contributed by atoms with Crippen LogP contribution in [0.15, 0.2) is 121 Å². The standard InChI is InChI=1S/C47H48N4O8Si/c1-31-45(60(3,4)40-20-18-39(58-2)19-21-40)43(26-44(54)48-28-34-13-9-8-12-33(34)24-38(48)29-52)59-47(31)41-25-37(51(56)57)17-22-42(41)49(46(47)55)27-32-11-10-16-36(23-32)50(30-53)35-14-6-5-7-15-35/h5-23,25,30-31,38,43,45,52H,24,26-29H2,1-4H3/t31-,38-,43+,45-,47+/m0/s1. The van der Waals surface area contributed by atoms with Crippen LogP contribution in [0, 0.1) is 16.0 Å². The molecular formula is C47H48N4O8Si. The molecule has 3 aliphatic rings. The minimum Gasteiger partial charge on any atom is -0.497 e. The molecular weight excluding hydrogens is 777 g/mol. The number of aliphatic hydroxyl groups excluding tert-OH is 1. The molecule has 1 saturated heterocycles. The molecule has 0 unspecified atom stereocenters. The van der Waals surface area contributed by atoms with Gasteiger partial charge >= 0.3 is 0 Å². The number of amides is 3. The topological polar surface area (TPSA) is 143 Å². The van der Waals surface area contributed by atoms with E-state index in [0.717, 1.165) is 28.3 Å². The number of fused-ring (bicyclic) bond motifs is 3. The molecule has 308 valence electrons. The summed E-state index contributed by atoms with van der Waals surface area (Å²) in [7, 11) is -1.07. The van der Waals surface area contributed by atoms with Gasteiger partial charge in [-0.1, -0.05) is 91.9 Å². The third-order valence-electron chi connectivity index (χ3n) is 13.0. The van der Waals surface area contributed by atoms with Crippen molar-refractivity contribution in [1.29, 1.82) is 0 Å². The minimum atomic E-state index is -2.68. The Kier molecular flexibility index (Phi) is 10.9. The highest BCUT2D eigenvalue weighted by atomic mass is 28.3. The van der Waals surface area contributed by atoms with Crippen molar-refractivity contribution >= 4 is 54.2 Å².